The molecule has 0 amide bonds. The zero-order valence-electron chi connectivity index (χ0n) is 14.2. The van der Waals surface area contributed by atoms with Crippen LogP contribution in [0.4, 0.5) is 0 Å². The largest absolute Gasteiger partial charge is 0.487 e. The highest BCUT2D eigenvalue weighted by Gasteiger charge is 2.11. The molecule has 24 heavy (non-hydrogen) atoms. The Kier molecular flexibility index (Phi) is 5.91. The van der Waals surface area contributed by atoms with Gasteiger partial charge in [0.25, 0.3) is 0 Å². The Hall–Kier alpha value is -1.82. The molecule has 5 heteroatoms. The highest BCUT2D eigenvalue weighted by Crippen LogP contribution is 2.30. The molecule has 0 aliphatic rings. The first-order valence-corrected chi connectivity index (χ1v) is 9.07. The Morgan fingerprint density at radius 1 is 1.17 bits per heavy atom. The average Bonchev–Trinajstić information content (AvgIpc) is 3.26. The minimum absolute atomic E-state index is 0.620. The van der Waals surface area contributed by atoms with E-state index in [1.165, 1.54) is 15.8 Å². The molecule has 128 valence electrons. The van der Waals surface area contributed by atoms with Crippen LogP contribution in [0.15, 0.2) is 41.9 Å². The van der Waals surface area contributed by atoms with Gasteiger partial charge in [-0.25, -0.2) is 0 Å². The summed E-state index contributed by atoms with van der Waals surface area (Å²) in [6.07, 6.45) is 3.09. The van der Waals surface area contributed by atoms with Gasteiger partial charge in [-0.1, -0.05) is 12.1 Å². The van der Waals surface area contributed by atoms with Crippen molar-refractivity contribution in [2.75, 3.05) is 33.9 Å². The second-order valence-corrected chi connectivity index (χ2v) is 6.94. The van der Waals surface area contributed by atoms with Crippen molar-refractivity contribution < 1.29 is 9.47 Å². The van der Waals surface area contributed by atoms with E-state index in [1.54, 1.807) is 18.4 Å². The van der Waals surface area contributed by atoms with Crippen LogP contribution < -0.4 is 4.74 Å². The molecule has 0 saturated heterocycles. The molecule has 0 bridgehead atoms. The number of H-pyrrole nitrogens is 1. The first kappa shape index (κ1) is 17.0. The maximum atomic E-state index is 6.09. The van der Waals surface area contributed by atoms with Crippen LogP contribution in [0, 0.1) is 0 Å². The fourth-order valence-electron chi connectivity index (χ4n) is 2.75. The van der Waals surface area contributed by atoms with E-state index in [0.717, 1.165) is 37.4 Å². The lowest BCUT2D eigenvalue weighted by Crippen LogP contribution is -2.25. The van der Waals surface area contributed by atoms with Gasteiger partial charge in [0.05, 0.1) is 6.61 Å². The second-order valence-electron chi connectivity index (χ2n) is 5.91. The van der Waals surface area contributed by atoms with Crippen molar-refractivity contribution in [2.45, 2.75) is 13.0 Å². The molecule has 0 radical (unpaired) electrons. The van der Waals surface area contributed by atoms with E-state index in [-0.39, 0.29) is 0 Å². The maximum absolute atomic E-state index is 6.09. The Morgan fingerprint density at radius 3 is 2.88 bits per heavy atom. The molecule has 1 aromatic carbocycles. The Balaban J connectivity index is 1.71. The summed E-state index contributed by atoms with van der Waals surface area (Å²) in [6, 6.07) is 10.4. The number of aromatic amines is 1. The molecule has 0 saturated carbocycles. The number of benzene rings is 1. The maximum Gasteiger partial charge on any atom is 0.129 e. The topological polar surface area (TPSA) is 37.5 Å². The van der Waals surface area contributed by atoms with E-state index in [9.17, 15) is 0 Å². The summed E-state index contributed by atoms with van der Waals surface area (Å²) in [5.74, 6) is 0.955. The summed E-state index contributed by atoms with van der Waals surface area (Å²) in [5.41, 5.74) is 2.43. The van der Waals surface area contributed by atoms with Crippen molar-refractivity contribution in [1.82, 2.24) is 9.88 Å². The van der Waals surface area contributed by atoms with Gasteiger partial charge in [0, 0.05) is 42.2 Å². The second kappa shape index (κ2) is 8.33. The number of rotatable bonds is 9. The van der Waals surface area contributed by atoms with Crippen molar-refractivity contribution in [2.24, 2.45) is 0 Å². The van der Waals surface area contributed by atoms with E-state index < -0.39 is 0 Å². The minimum Gasteiger partial charge on any atom is -0.487 e. The molecule has 0 aliphatic heterocycles. The number of thiophene rings is 1. The number of ether oxygens (including phenoxy) is 2. The molecule has 3 rings (SSSR count). The van der Waals surface area contributed by atoms with E-state index in [0.29, 0.717) is 6.61 Å². The van der Waals surface area contributed by atoms with Gasteiger partial charge in [0.15, 0.2) is 0 Å². The van der Waals surface area contributed by atoms with Gasteiger partial charge in [-0.05, 0) is 42.6 Å². The number of fused-ring (bicyclic) bond motifs is 1. The third kappa shape index (κ3) is 4.17. The van der Waals surface area contributed by atoms with Gasteiger partial charge in [-0.2, -0.15) is 0 Å². The quantitative estimate of drug-likeness (QED) is 0.639. The van der Waals surface area contributed by atoms with Crippen molar-refractivity contribution in [3.8, 4) is 5.75 Å². The summed E-state index contributed by atoms with van der Waals surface area (Å²) in [4.78, 5) is 6.90. The van der Waals surface area contributed by atoms with Crippen LogP contribution in [-0.2, 0) is 17.8 Å². The number of hydrogen-bond donors (Lipinski definition) is 1. The zero-order chi connectivity index (χ0) is 16.8. The number of nitrogens with one attached hydrogen (secondary N) is 1. The first-order chi connectivity index (χ1) is 11.8. The Morgan fingerprint density at radius 2 is 2.08 bits per heavy atom. The molecule has 2 heterocycles. The average molecular weight is 344 g/mol. The molecular formula is C19H24N2O2S. The van der Waals surface area contributed by atoms with Crippen LogP contribution in [0.25, 0.3) is 10.9 Å². The monoisotopic (exact) mass is 344 g/mol. The van der Waals surface area contributed by atoms with Crippen LogP contribution in [0.3, 0.4) is 0 Å². The summed E-state index contributed by atoms with van der Waals surface area (Å²) >= 11 is 1.72. The van der Waals surface area contributed by atoms with E-state index in [1.807, 2.05) is 6.07 Å². The molecule has 2 aromatic heterocycles. The third-order valence-electron chi connectivity index (χ3n) is 4.14. The fraction of sp³-hybridized carbons (Fsp3) is 0.368. The standard InChI is InChI=1S/C19H24N2O2S/c1-21(10-11-22-2)9-8-15-13-20-17-6-3-7-18(19(15)17)23-14-16-5-4-12-24-16/h3-7,12-13,20H,8-11,14H2,1-2H3. The van der Waals surface area contributed by atoms with Crippen molar-refractivity contribution in [3.05, 3.63) is 52.3 Å². The van der Waals surface area contributed by atoms with Crippen LogP contribution in [0.1, 0.15) is 10.4 Å². The van der Waals surface area contributed by atoms with E-state index >= 15 is 0 Å². The highest BCUT2D eigenvalue weighted by molar-refractivity contribution is 7.09. The number of hydrogen-bond acceptors (Lipinski definition) is 4. The van der Waals surface area contributed by atoms with Crippen LogP contribution in [0.5, 0.6) is 5.75 Å². The number of aromatic nitrogens is 1. The Bertz CT molecular complexity index is 752. The van der Waals surface area contributed by atoms with E-state index in [4.69, 9.17) is 9.47 Å². The predicted octanol–water partition coefficient (Wildman–Crippen LogP) is 3.93. The van der Waals surface area contributed by atoms with E-state index in [2.05, 4.69) is 52.8 Å². The SMILES string of the molecule is COCCN(C)CCc1c[nH]c2cccc(OCc3cccs3)c12. The van der Waals surface area contributed by atoms with Gasteiger partial charge >= 0.3 is 0 Å². The smallest absolute Gasteiger partial charge is 0.129 e. The lowest BCUT2D eigenvalue weighted by atomic mass is 10.1. The predicted molar refractivity (Wildman–Crippen MR) is 100 cm³/mol. The van der Waals surface area contributed by atoms with Crippen LogP contribution in [-0.4, -0.2) is 43.7 Å². The van der Waals surface area contributed by atoms with Crippen molar-refractivity contribution in [3.63, 3.8) is 0 Å². The summed E-state index contributed by atoms with van der Waals surface area (Å²) in [6.45, 7) is 3.32. The minimum atomic E-state index is 0.620. The van der Waals surface area contributed by atoms with Crippen LogP contribution >= 0.6 is 11.3 Å². The summed E-state index contributed by atoms with van der Waals surface area (Å²) < 4.78 is 11.2. The molecule has 1 N–H and O–H groups in total. The highest BCUT2D eigenvalue weighted by atomic mass is 32.1. The Labute approximate surface area is 147 Å². The number of methoxy groups -OCH3 is 1. The van der Waals surface area contributed by atoms with Gasteiger partial charge in [0.2, 0.25) is 0 Å². The summed E-state index contributed by atoms with van der Waals surface area (Å²) in [5, 5.41) is 3.28. The normalized spacial score (nSPS) is 11.5. The van der Waals surface area contributed by atoms with Gasteiger partial charge in [0.1, 0.15) is 12.4 Å². The molecule has 4 nitrogen and oxygen atoms in total. The van der Waals surface area contributed by atoms with Gasteiger partial charge in [-0.15, -0.1) is 11.3 Å². The molecular weight excluding hydrogens is 320 g/mol. The molecule has 0 spiro atoms. The first-order valence-electron chi connectivity index (χ1n) is 8.19. The lowest BCUT2D eigenvalue weighted by Gasteiger charge is -2.15. The molecule has 0 aliphatic carbocycles. The lowest BCUT2D eigenvalue weighted by molar-refractivity contribution is 0.162. The van der Waals surface area contributed by atoms with Gasteiger partial charge in [-0.3, -0.25) is 0 Å². The molecule has 0 atom stereocenters. The number of nitrogens with zero attached hydrogens (tertiary/aromatic N) is 1. The van der Waals surface area contributed by atoms with Crippen molar-refractivity contribution >= 4 is 22.2 Å². The van der Waals surface area contributed by atoms with Crippen LogP contribution in [0.2, 0.25) is 0 Å². The molecule has 3 aromatic rings. The fourth-order valence-corrected chi connectivity index (χ4v) is 3.37. The molecule has 0 fully saturated rings. The number of likely N-dealkylation sites (N-methyl/N-ethyl adjacent to an activating group) is 1. The summed E-state index contributed by atoms with van der Waals surface area (Å²) in [7, 11) is 3.87. The van der Waals surface area contributed by atoms with Gasteiger partial charge < -0.3 is 19.4 Å². The molecule has 0 unspecified atom stereocenters. The zero-order valence-corrected chi connectivity index (χ0v) is 15.1. The third-order valence-corrected chi connectivity index (χ3v) is 4.99. The van der Waals surface area contributed by atoms with Crippen molar-refractivity contribution in [1.29, 1.82) is 0 Å².